The van der Waals surface area contributed by atoms with Gasteiger partial charge in [-0.1, -0.05) is 50.6 Å². The van der Waals surface area contributed by atoms with E-state index in [2.05, 4.69) is 13.8 Å². The number of carbonyl (C=O) groups excluding carboxylic acids is 3. The summed E-state index contributed by atoms with van der Waals surface area (Å²) in [6.45, 7) is 5.37. The van der Waals surface area contributed by atoms with Crippen molar-refractivity contribution < 1.29 is 39.5 Å². The molecule has 0 bridgehead atoms. The predicted octanol–water partition coefficient (Wildman–Crippen LogP) is 2.58. The van der Waals surface area contributed by atoms with E-state index in [1.807, 2.05) is 12.2 Å². The van der Waals surface area contributed by atoms with Gasteiger partial charge in [0, 0.05) is 22.8 Å². The van der Waals surface area contributed by atoms with Crippen molar-refractivity contribution in [2.45, 2.75) is 51.9 Å². The fourth-order valence-electron chi connectivity index (χ4n) is 3.42. The van der Waals surface area contributed by atoms with Crippen LogP contribution in [0, 0.1) is 5.92 Å². The van der Waals surface area contributed by atoms with Crippen LogP contribution in [0.2, 0.25) is 0 Å². The molecule has 0 saturated carbocycles. The summed E-state index contributed by atoms with van der Waals surface area (Å²) in [7, 11) is 0. The summed E-state index contributed by atoms with van der Waals surface area (Å²) in [6, 6.07) is 0.874. The second-order valence-corrected chi connectivity index (χ2v) is 8.00. The van der Waals surface area contributed by atoms with E-state index >= 15 is 0 Å². The van der Waals surface area contributed by atoms with Gasteiger partial charge in [-0.25, -0.2) is 4.79 Å². The van der Waals surface area contributed by atoms with Crippen LogP contribution >= 0.6 is 0 Å². The fraction of sp³-hybridized carbons (Fsp3) is 0.375. The van der Waals surface area contributed by atoms with Gasteiger partial charge in [-0.2, -0.15) is 0 Å². The fourth-order valence-corrected chi connectivity index (χ4v) is 3.42. The van der Waals surface area contributed by atoms with Crippen LogP contribution < -0.4 is 0 Å². The molecule has 1 aromatic rings. The zero-order chi connectivity index (χ0) is 24.3. The van der Waals surface area contributed by atoms with Crippen LogP contribution in [0.15, 0.2) is 42.5 Å². The summed E-state index contributed by atoms with van der Waals surface area (Å²) in [4.78, 5) is 38.4. The van der Waals surface area contributed by atoms with Crippen molar-refractivity contribution >= 4 is 17.5 Å². The highest BCUT2D eigenvalue weighted by Gasteiger charge is 2.59. The number of aliphatic hydroxyl groups is 2. The summed E-state index contributed by atoms with van der Waals surface area (Å²) in [5.74, 6) is -4.22. The van der Waals surface area contributed by atoms with Crippen LogP contribution in [0.1, 0.15) is 55.6 Å². The molecule has 8 nitrogen and oxygen atoms in total. The monoisotopic (exact) mass is 444 g/mol. The number of phenols is 2. The standard InChI is InChI=1S/C24H28O8/c1-5-14(2)10-8-6-7-9-11-18(27)32-24(4)21(29)19-15(13-25)20(28)17(26)12-16(19)23(3,31)22(24)30/h6-12,14,25-26,28,31H,5,13H2,1-4H3/b7-6+,10-8+,11-9+. The number of benzene rings is 1. The van der Waals surface area contributed by atoms with E-state index in [1.165, 1.54) is 6.08 Å². The van der Waals surface area contributed by atoms with Gasteiger partial charge in [0.1, 0.15) is 0 Å². The zero-order valence-electron chi connectivity index (χ0n) is 18.5. The molecule has 8 heteroatoms. The number of aromatic hydroxyl groups is 2. The Balaban J connectivity index is 2.36. The van der Waals surface area contributed by atoms with Crippen LogP contribution in [-0.2, 0) is 26.5 Å². The molecule has 0 aliphatic heterocycles. The lowest BCUT2D eigenvalue weighted by Gasteiger charge is -2.39. The molecule has 4 N–H and O–H groups in total. The van der Waals surface area contributed by atoms with Gasteiger partial charge in [0.25, 0.3) is 0 Å². The van der Waals surface area contributed by atoms with Gasteiger partial charge in [-0.15, -0.1) is 0 Å². The number of carbonyl (C=O) groups is 3. The average molecular weight is 444 g/mol. The normalized spacial score (nSPS) is 24.4. The van der Waals surface area contributed by atoms with Gasteiger partial charge in [0.15, 0.2) is 17.1 Å². The molecule has 1 aromatic carbocycles. The quantitative estimate of drug-likeness (QED) is 0.165. The minimum Gasteiger partial charge on any atom is -0.504 e. The molecule has 0 saturated heterocycles. The lowest BCUT2D eigenvalue weighted by molar-refractivity contribution is -0.167. The van der Waals surface area contributed by atoms with Gasteiger partial charge in [0.05, 0.1) is 6.61 Å². The molecule has 3 atom stereocenters. The van der Waals surface area contributed by atoms with Crippen LogP contribution in [0.5, 0.6) is 11.5 Å². The Bertz CT molecular complexity index is 1020. The Morgan fingerprint density at radius 2 is 1.78 bits per heavy atom. The zero-order valence-corrected chi connectivity index (χ0v) is 18.5. The predicted molar refractivity (Wildman–Crippen MR) is 116 cm³/mol. The first kappa shape index (κ1) is 25.0. The van der Waals surface area contributed by atoms with Gasteiger partial charge >= 0.3 is 5.97 Å². The van der Waals surface area contributed by atoms with Gasteiger partial charge in [-0.05, 0) is 25.8 Å². The van der Waals surface area contributed by atoms with E-state index in [1.54, 1.807) is 12.2 Å². The smallest absolute Gasteiger partial charge is 0.332 e. The minimum atomic E-state index is -2.41. The summed E-state index contributed by atoms with van der Waals surface area (Å²) < 4.78 is 5.17. The summed E-state index contributed by atoms with van der Waals surface area (Å²) >= 11 is 0. The third-order valence-electron chi connectivity index (χ3n) is 5.55. The van der Waals surface area contributed by atoms with Gasteiger partial charge in [0.2, 0.25) is 17.2 Å². The number of rotatable bonds is 7. The number of hydrogen-bond donors (Lipinski definition) is 4. The lowest BCUT2D eigenvalue weighted by atomic mass is 9.69. The van der Waals surface area contributed by atoms with E-state index in [0.29, 0.717) is 5.92 Å². The van der Waals surface area contributed by atoms with Gasteiger partial charge in [-0.3, -0.25) is 9.59 Å². The number of Topliss-reactive ketones (excluding diaryl/α,β-unsaturated/α-hetero) is 2. The molecule has 32 heavy (non-hydrogen) atoms. The Hall–Kier alpha value is -3.23. The van der Waals surface area contributed by atoms with Crippen LogP contribution in [0.25, 0.3) is 0 Å². The highest BCUT2D eigenvalue weighted by atomic mass is 16.6. The van der Waals surface area contributed by atoms with Crippen molar-refractivity contribution in [3.8, 4) is 11.5 Å². The molecule has 0 amide bonds. The maximum Gasteiger partial charge on any atom is 0.332 e. The van der Waals surface area contributed by atoms with Crippen LogP contribution in [0.4, 0.5) is 0 Å². The number of allylic oxidation sites excluding steroid dienone is 5. The molecular weight excluding hydrogens is 416 g/mol. The summed E-state index contributed by atoms with van der Waals surface area (Å²) in [5, 5.41) is 40.4. The van der Waals surface area contributed by atoms with Crippen molar-refractivity contribution in [3.05, 3.63) is 59.2 Å². The van der Waals surface area contributed by atoms with Crippen molar-refractivity contribution in [3.63, 3.8) is 0 Å². The Labute approximate surface area is 186 Å². The molecule has 3 unspecified atom stereocenters. The van der Waals surface area contributed by atoms with Crippen molar-refractivity contribution in [2.75, 3.05) is 0 Å². The van der Waals surface area contributed by atoms with E-state index in [0.717, 1.165) is 32.4 Å². The number of fused-ring (bicyclic) bond motifs is 1. The molecule has 0 aromatic heterocycles. The SMILES string of the molecule is CCC(C)/C=C/C=C/C=C/C(=O)OC1(C)C(=O)c2c(cc(O)c(O)c2CO)C(C)(O)C1=O. The maximum absolute atomic E-state index is 13.2. The topological polar surface area (TPSA) is 141 Å². The highest BCUT2D eigenvalue weighted by Crippen LogP contribution is 2.45. The number of ether oxygens (including phenoxy) is 1. The Morgan fingerprint density at radius 3 is 2.38 bits per heavy atom. The highest BCUT2D eigenvalue weighted by molar-refractivity contribution is 6.25. The van der Waals surface area contributed by atoms with E-state index in [9.17, 15) is 34.8 Å². The second kappa shape index (κ2) is 9.50. The average Bonchev–Trinajstić information content (AvgIpc) is 2.75. The Morgan fingerprint density at radius 1 is 1.16 bits per heavy atom. The molecule has 1 aliphatic rings. The number of ketones is 2. The molecule has 0 heterocycles. The number of hydrogen-bond acceptors (Lipinski definition) is 8. The molecule has 0 fully saturated rings. The third kappa shape index (κ3) is 4.51. The molecule has 2 rings (SSSR count). The largest absolute Gasteiger partial charge is 0.504 e. The van der Waals surface area contributed by atoms with Crippen molar-refractivity contribution in [1.82, 2.24) is 0 Å². The van der Waals surface area contributed by atoms with Gasteiger partial charge < -0.3 is 25.2 Å². The number of phenolic OH excluding ortho intramolecular Hbond substituents is 1. The van der Waals surface area contributed by atoms with Crippen LogP contribution in [0.3, 0.4) is 0 Å². The first-order chi connectivity index (χ1) is 14.9. The maximum atomic E-state index is 13.2. The Kier molecular flexibility index (Phi) is 7.43. The molecule has 0 radical (unpaired) electrons. The second-order valence-electron chi connectivity index (χ2n) is 8.00. The minimum absolute atomic E-state index is 0.299. The van der Waals surface area contributed by atoms with E-state index in [4.69, 9.17) is 4.74 Å². The van der Waals surface area contributed by atoms with Crippen LogP contribution in [-0.4, -0.2) is 43.6 Å². The third-order valence-corrected chi connectivity index (χ3v) is 5.55. The van der Waals surface area contributed by atoms with E-state index < -0.39 is 46.8 Å². The first-order valence-corrected chi connectivity index (χ1v) is 10.2. The molecule has 1 aliphatic carbocycles. The van der Waals surface area contributed by atoms with E-state index in [-0.39, 0.29) is 16.7 Å². The summed E-state index contributed by atoms with van der Waals surface area (Å²) in [5.41, 5.74) is -5.82. The van der Waals surface area contributed by atoms with Crippen molar-refractivity contribution in [2.24, 2.45) is 5.92 Å². The lowest BCUT2D eigenvalue weighted by Crippen LogP contribution is -2.59. The molecule has 0 spiro atoms. The number of esters is 1. The molecular formula is C24H28O8. The molecule has 172 valence electrons. The number of aliphatic hydroxyl groups excluding tert-OH is 1. The summed E-state index contributed by atoms with van der Waals surface area (Å²) in [6.07, 6.45) is 10.5. The first-order valence-electron chi connectivity index (χ1n) is 10.2. The van der Waals surface area contributed by atoms with Crippen molar-refractivity contribution in [1.29, 1.82) is 0 Å².